The largest absolute Gasteiger partial charge is 0.295 e. The maximum Gasteiger partial charge on any atom is 0.152 e. The molecule has 0 spiro atoms. The summed E-state index contributed by atoms with van der Waals surface area (Å²) < 4.78 is 0. The molecule has 0 radical (unpaired) electrons. The van der Waals surface area contributed by atoms with Gasteiger partial charge in [0.1, 0.15) is 0 Å². The zero-order valence-corrected chi connectivity index (χ0v) is 23.5. The molecule has 0 aromatic rings. The number of ketones is 1. The Kier molecular flexibility index (Phi) is 13.0. The lowest BCUT2D eigenvalue weighted by molar-refractivity contribution is -0.112. The second kappa shape index (κ2) is 15.1. The highest BCUT2D eigenvalue weighted by atomic mass is 16.1. The normalized spacial score (nSPS) is 19.3. The molecule has 0 unspecified atom stereocenters. The molecule has 1 aliphatic carbocycles. The van der Waals surface area contributed by atoms with E-state index in [4.69, 9.17) is 0 Å². The Morgan fingerprint density at radius 1 is 0.686 bits per heavy atom. The van der Waals surface area contributed by atoms with E-state index < -0.39 is 0 Å². The van der Waals surface area contributed by atoms with E-state index in [9.17, 15) is 4.79 Å². The molecule has 0 fully saturated rings. The van der Waals surface area contributed by atoms with E-state index >= 15 is 0 Å². The molecule has 1 rings (SSSR count). The minimum absolute atomic E-state index is 0.0611. The Hall–Kier alpha value is -2.93. The Balaban J connectivity index is 2.71. The molecule has 0 bridgehead atoms. The fraction of sp³-hybridized carbons (Fsp3) is 0.382. The van der Waals surface area contributed by atoms with Gasteiger partial charge in [-0.25, -0.2) is 0 Å². The van der Waals surface area contributed by atoms with Crippen LogP contribution in [0.15, 0.2) is 118 Å². The van der Waals surface area contributed by atoms with Gasteiger partial charge >= 0.3 is 0 Å². The van der Waals surface area contributed by atoms with Crippen molar-refractivity contribution in [3.63, 3.8) is 0 Å². The Morgan fingerprint density at radius 3 is 1.69 bits per heavy atom. The van der Waals surface area contributed by atoms with Crippen LogP contribution in [-0.2, 0) is 4.79 Å². The number of allylic oxidation sites excluding steroid dienone is 20. The second-order valence-electron chi connectivity index (χ2n) is 10.4. The van der Waals surface area contributed by atoms with E-state index in [-0.39, 0.29) is 11.2 Å². The van der Waals surface area contributed by atoms with E-state index in [1.54, 1.807) is 24.1 Å². The van der Waals surface area contributed by atoms with Crippen molar-refractivity contribution in [1.29, 1.82) is 0 Å². The Morgan fingerprint density at radius 2 is 1.17 bits per heavy atom. The van der Waals surface area contributed by atoms with E-state index in [0.29, 0.717) is 0 Å². The van der Waals surface area contributed by atoms with Crippen LogP contribution in [0.4, 0.5) is 0 Å². The average molecular weight is 471 g/mol. The maximum atomic E-state index is 11.0. The zero-order chi connectivity index (χ0) is 26.4. The van der Waals surface area contributed by atoms with Gasteiger partial charge < -0.3 is 0 Å². The predicted octanol–water partition coefficient (Wildman–Crippen LogP) is 10.1. The van der Waals surface area contributed by atoms with Crippen molar-refractivity contribution < 1.29 is 4.79 Å². The molecule has 0 atom stereocenters. The summed E-state index contributed by atoms with van der Waals surface area (Å²) in [5.41, 5.74) is 9.47. The van der Waals surface area contributed by atoms with Gasteiger partial charge in [-0.15, -0.1) is 0 Å². The summed E-state index contributed by atoms with van der Waals surface area (Å²) in [4.78, 5) is 11.0. The molecule has 0 heterocycles. The van der Waals surface area contributed by atoms with Gasteiger partial charge in [0.15, 0.2) is 5.78 Å². The Bertz CT molecular complexity index is 1050. The first kappa shape index (κ1) is 30.1. The molecule has 0 aromatic carbocycles. The quantitative estimate of drug-likeness (QED) is 0.229. The van der Waals surface area contributed by atoms with Gasteiger partial charge in [0, 0.05) is 0 Å². The molecule has 188 valence electrons. The minimum atomic E-state index is 0.0611. The smallest absolute Gasteiger partial charge is 0.152 e. The monoisotopic (exact) mass is 470 g/mol. The molecule has 0 saturated heterocycles. The van der Waals surface area contributed by atoms with Crippen LogP contribution < -0.4 is 0 Å². The van der Waals surface area contributed by atoms with Crippen LogP contribution in [0.2, 0.25) is 0 Å². The summed E-state index contributed by atoms with van der Waals surface area (Å²) >= 11 is 0. The predicted molar refractivity (Wildman–Crippen MR) is 156 cm³/mol. The minimum Gasteiger partial charge on any atom is -0.295 e. The number of hydrogen-bond acceptors (Lipinski definition) is 1. The Labute approximate surface area is 215 Å². The van der Waals surface area contributed by atoms with Gasteiger partial charge in [0.25, 0.3) is 0 Å². The van der Waals surface area contributed by atoms with Gasteiger partial charge in [0.05, 0.1) is 0 Å². The lowest BCUT2D eigenvalue weighted by Crippen LogP contribution is -2.21. The van der Waals surface area contributed by atoms with Crippen LogP contribution in [0.5, 0.6) is 0 Å². The summed E-state index contributed by atoms with van der Waals surface area (Å²) in [7, 11) is 0. The lowest BCUT2D eigenvalue weighted by atomic mass is 9.70. The first-order chi connectivity index (χ1) is 16.4. The van der Waals surface area contributed by atoms with Crippen molar-refractivity contribution in [1.82, 2.24) is 0 Å². The highest BCUT2D eigenvalue weighted by molar-refractivity contribution is 5.87. The molecular weight excluding hydrogens is 424 g/mol. The molecular formula is C34H46O. The van der Waals surface area contributed by atoms with Crippen molar-refractivity contribution in [2.45, 2.75) is 81.6 Å². The summed E-state index contributed by atoms with van der Waals surface area (Å²) in [6.45, 7) is 19.2. The van der Waals surface area contributed by atoms with Crippen LogP contribution in [0.1, 0.15) is 81.6 Å². The molecule has 0 saturated carbocycles. The van der Waals surface area contributed by atoms with Crippen molar-refractivity contribution in [2.24, 2.45) is 5.41 Å². The van der Waals surface area contributed by atoms with Crippen LogP contribution in [0, 0.1) is 5.41 Å². The van der Waals surface area contributed by atoms with Gasteiger partial charge in [-0.3, -0.25) is 4.79 Å². The van der Waals surface area contributed by atoms with E-state index in [1.165, 1.54) is 36.0 Å². The highest BCUT2D eigenvalue weighted by Crippen LogP contribution is 2.43. The third kappa shape index (κ3) is 12.4. The zero-order valence-electron chi connectivity index (χ0n) is 23.5. The molecule has 1 nitrogen and oxygen atoms in total. The lowest BCUT2D eigenvalue weighted by Gasteiger charge is -2.35. The third-order valence-electron chi connectivity index (χ3n) is 6.14. The standard InChI is InChI=1S/C34H46O/c1-26(17-12-19-28(3)22-23-32(7)35)15-10-11-16-27(2)18-13-20-29(4)25-31(6)33-30(5)21-14-24-34(33,8)9/h10-13,15-20,22-23,25H,14,21,24H2,1-9H3/b11-10+,17-12+,18-13+,23-22+,26-15+,27-16+,28-19+,29-20+,31-25+. The summed E-state index contributed by atoms with van der Waals surface area (Å²) in [5, 5.41) is 0. The van der Waals surface area contributed by atoms with Crippen LogP contribution in [0.25, 0.3) is 0 Å². The van der Waals surface area contributed by atoms with Gasteiger partial charge in [-0.1, -0.05) is 115 Å². The van der Waals surface area contributed by atoms with E-state index in [0.717, 1.165) is 11.1 Å². The summed E-state index contributed by atoms with van der Waals surface area (Å²) in [6.07, 6.45) is 30.4. The van der Waals surface area contributed by atoms with Crippen LogP contribution >= 0.6 is 0 Å². The average Bonchev–Trinajstić information content (AvgIpc) is 2.74. The van der Waals surface area contributed by atoms with Gasteiger partial charge in [0.2, 0.25) is 0 Å². The molecule has 35 heavy (non-hydrogen) atoms. The number of hydrogen-bond donors (Lipinski definition) is 0. The van der Waals surface area contributed by atoms with Crippen molar-refractivity contribution in [3.05, 3.63) is 118 Å². The first-order valence-electron chi connectivity index (χ1n) is 12.7. The second-order valence-corrected chi connectivity index (χ2v) is 10.4. The molecule has 1 heteroatoms. The van der Waals surface area contributed by atoms with Crippen molar-refractivity contribution in [3.8, 4) is 0 Å². The molecule has 0 amide bonds. The van der Waals surface area contributed by atoms with E-state index in [1.807, 2.05) is 25.2 Å². The molecule has 0 N–H and O–H groups in total. The SMILES string of the molecule is CC(=O)/C=C/C(C)=C/C=C/C(C)=C/C=C/C=C(C)/C=C/C=C(C)/C=C(\C)C1=C(C)CCCC1(C)C. The van der Waals surface area contributed by atoms with Gasteiger partial charge in [-0.05, 0) is 90.4 Å². The summed E-state index contributed by atoms with van der Waals surface area (Å²) in [5.74, 6) is 0.0611. The number of rotatable bonds is 10. The fourth-order valence-electron chi connectivity index (χ4n) is 4.49. The third-order valence-corrected chi connectivity index (χ3v) is 6.14. The van der Waals surface area contributed by atoms with Crippen molar-refractivity contribution in [2.75, 3.05) is 0 Å². The molecule has 1 aliphatic rings. The van der Waals surface area contributed by atoms with Crippen LogP contribution in [-0.4, -0.2) is 5.78 Å². The fourth-order valence-corrected chi connectivity index (χ4v) is 4.49. The number of carbonyl (C=O) groups is 1. The highest BCUT2D eigenvalue weighted by Gasteiger charge is 2.28. The maximum absolute atomic E-state index is 11.0. The van der Waals surface area contributed by atoms with Crippen LogP contribution in [0.3, 0.4) is 0 Å². The van der Waals surface area contributed by atoms with Crippen molar-refractivity contribution >= 4 is 5.78 Å². The molecule has 0 aromatic heterocycles. The topological polar surface area (TPSA) is 17.1 Å². The van der Waals surface area contributed by atoms with E-state index in [2.05, 4.69) is 103 Å². The number of carbonyl (C=O) groups excluding carboxylic acids is 1. The molecule has 0 aliphatic heterocycles. The first-order valence-corrected chi connectivity index (χ1v) is 12.7. The van der Waals surface area contributed by atoms with Gasteiger partial charge in [-0.2, -0.15) is 0 Å². The summed E-state index contributed by atoms with van der Waals surface area (Å²) in [6, 6.07) is 0.